The lowest BCUT2D eigenvalue weighted by atomic mass is 9.77. The summed E-state index contributed by atoms with van der Waals surface area (Å²) in [5, 5.41) is 40.6. The number of hydrogen-bond donors (Lipinski definition) is 7. The van der Waals surface area contributed by atoms with E-state index < -0.39 is 57.6 Å². The number of fused-ring (bicyclic) bond motifs is 7. The fourth-order valence-corrected chi connectivity index (χ4v) is 8.57. The Morgan fingerprint density at radius 1 is 0.863 bits per heavy atom. The van der Waals surface area contributed by atoms with E-state index in [0.29, 0.717) is 45.0 Å². The fraction of sp³-hybridized carbons (Fsp3) is 0.222. The molecule has 9 N–H and O–H groups in total. The second-order valence-electron chi connectivity index (χ2n) is 13.0. The zero-order chi connectivity index (χ0) is 36.6. The molecular formula is C36H32N4O10S. The summed E-state index contributed by atoms with van der Waals surface area (Å²) < 4.78 is 11.1. The zero-order valence-electron chi connectivity index (χ0n) is 27.1. The molecule has 4 aliphatic heterocycles. The second-order valence-corrected chi connectivity index (χ2v) is 14.8. The molecule has 0 aliphatic carbocycles. The van der Waals surface area contributed by atoms with E-state index in [9.17, 15) is 39.6 Å². The van der Waals surface area contributed by atoms with E-state index in [1.807, 2.05) is 0 Å². The molecule has 2 saturated heterocycles. The van der Waals surface area contributed by atoms with Gasteiger partial charge in [0.2, 0.25) is 11.8 Å². The normalized spacial score (nSPS) is 21.7. The third kappa shape index (κ3) is 5.32. The number of carbonyl (C=O) groups excluding carboxylic acids is 3. The highest BCUT2D eigenvalue weighted by Gasteiger charge is 2.64. The van der Waals surface area contributed by atoms with E-state index in [1.54, 1.807) is 44.2 Å². The van der Waals surface area contributed by atoms with Gasteiger partial charge in [-0.05, 0) is 67.9 Å². The number of nitrogen functional groups attached to an aromatic ring is 1. The van der Waals surface area contributed by atoms with E-state index in [4.69, 9.17) is 20.9 Å². The van der Waals surface area contributed by atoms with Crippen LogP contribution in [-0.4, -0.2) is 71.3 Å². The van der Waals surface area contributed by atoms with Gasteiger partial charge in [-0.2, -0.15) is 0 Å². The number of phenolic OH excluding ortho intramolecular Hbond substituents is 3. The van der Waals surface area contributed by atoms with Crippen LogP contribution in [0.15, 0.2) is 78.9 Å². The number of β-lactam (4-membered cyclic amide) rings is 1. The molecule has 0 aromatic heterocycles. The fourth-order valence-electron chi connectivity index (χ4n) is 6.94. The number of carbonyl (C=O) groups is 4. The van der Waals surface area contributed by atoms with E-state index in [1.165, 1.54) is 65.2 Å². The van der Waals surface area contributed by atoms with E-state index in [0.717, 1.165) is 0 Å². The zero-order valence-corrected chi connectivity index (χ0v) is 27.9. The Labute approximate surface area is 294 Å². The van der Waals surface area contributed by atoms with Crippen molar-refractivity contribution in [3.05, 3.63) is 107 Å². The molecule has 4 heterocycles. The molecule has 4 aromatic carbocycles. The van der Waals surface area contributed by atoms with Crippen LogP contribution in [0, 0.1) is 0 Å². The Morgan fingerprint density at radius 3 is 2.02 bits per heavy atom. The number of hydrogen-bond acceptors (Lipinski definition) is 12. The second kappa shape index (κ2) is 11.8. The van der Waals surface area contributed by atoms with Gasteiger partial charge in [-0.1, -0.05) is 18.2 Å². The van der Waals surface area contributed by atoms with Gasteiger partial charge in [0.05, 0.1) is 5.56 Å². The van der Waals surface area contributed by atoms with Gasteiger partial charge in [0, 0.05) is 39.3 Å². The molecular weight excluding hydrogens is 680 g/mol. The van der Waals surface area contributed by atoms with Crippen LogP contribution in [0.2, 0.25) is 0 Å². The number of aliphatic carboxylic acids is 1. The summed E-state index contributed by atoms with van der Waals surface area (Å²) in [6, 6.07) is 17.5. The van der Waals surface area contributed by atoms with E-state index in [2.05, 4.69) is 5.32 Å². The lowest BCUT2D eigenvalue weighted by molar-refractivity contribution is -0.161. The minimum absolute atomic E-state index is 0.0179. The summed E-state index contributed by atoms with van der Waals surface area (Å²) in [5.41, 5.74) is 13.7. The molecule has 14 nitrogen and oxygen atoms in total. The maximum Gasteiger partial charge on any atom is 0.340 e. The lowest BCUT2D eigenvalue weighted by Gasteiger charge is -2.43. The Morgan fingerprint density at radius 2 is 1.43 bits per heavy atom. The number of phenols is 3. The number of anilines is 1. The number of benzene rings is 4. The van der Waals surface area contributed by atoms with E-state index in [-0.39, 0.29) is 17.2 Å². The first-order valence-corrected chi connectivity index (χ1v) is 16.6. The van der Waals surface area contributed by atoms with Crippen molar-refractivity contribution in [2.24, 2.45) is 5.73 Å². The van der Waals surface area contributed by atoms with Gasteiger partial charge in [-0.15, -0.1) is 11.8 Å². The number of amides is 2. The van der Waals surface area contributed by atoms with Gasteiger partial charge < -0.3 is 51.6 Å². The molecule has 2 fully saturated rings. The minimum atomic E-state index is -1.23. The highest BCUT2D eigenvalue weighted by molar-refractivity contribution is 8.01. The number of nitrogens with zero attached hydrogens (tertiary/aromatic N) is 1. The quantitative estimate of drug-likeness (QED) is 0.0916. The number of nitrogens with one attached hydrogen (secondary N) is 1. The Hall–Kier alpha value is -5.93. The number of esters is 1. The highest BCUT2D eigenvalue weighted by atomic mass is 32.2. The van der Waals surface area contributed by atoms with Crippen LogP contribution in [0.3, 0.4) is 0 Å². The number of rotatable bonds is 4. The molecule has 4 aromatic rings. The Kier molecular flexibility index (Phi) is 7.80. The van der Waals surface area contributed by atoms with Crippen LogP contribution in [0.4, 0.5) is 5.69 Å². The molecule has 8 rings (SSSR count). The van der Waals surface area contributed by atoms with Crippen LogP contribution >= 0.6 is 11.8 Å². The van der Waals surface area contributed by atoms with E-state index >= 15 is 0 Å². The molecule has 1 spiro atoms. The van der Waals surface area contributed by atoms with Crippen LogP contribution in [-0.2, 0) is 24.7 Å². The number of aromatic hydroxyl groups is 3. The lowest BCUT2D eigenvalue weighted by Crippen LogP contribution is -2.71. The average Bonchev–Trinajstić information content (AvgIpc) is 3.51. The first kappa shape index (κ1) is 33.6. The monoisotopic (exact) mass is 712 g/mol. The molecule has 262 valence electrons. The molecule has 4 atom stereocenters. The summed E-state index contributed by atoms with van der Waals surface area (Å²) in [6.07, 6.45) is 0. The molecule has 0 radical (unpaired) electrons. The van der Waals surface area contributed by atoms with Gasteiger partial charge in [0.25, 0.3) is 0 Å². The Bertz CT molecular complexity index is 2090. The van der Waals surface area contributed by atoms with Crippen molar-refractivity contribution in [3.63, 3.8) is 0 Å². The molecule has 4 aliphatic rings. The van der Waals surface area contributed by atoms with Crippen molar-refractivity contribution >= 4 is 41.2 Å². The van der Waals surface area contributed by atoms with Gasteiger partial charge in [-0.25, -0.2) is 9.59 Å². The van der Waals surface area contributed by atoms with Crippen molar-refractivity contribution in [3.8, 4) is 28.7 Å². The first-order valence-electron chi connectivity index (χ1n) is 15.7. The SMILES string of the molecule is CC1(C)S[C@@H]2[C@H](NC(=O)[C@H](N)c3ccc(O)cc3)C(=O)N2[C@H]1C(=O)O.Nc1ccc2c(c1)C(=O)OC21c2ccc(O)cc2Oc2cc(O)ccc21. The highest BCUT2D eigenvalue weighted by Crippen LogP contribution is 2.57. The van der Waals surface area contributed by atoms with Crippen molar-refractivity contribution in [1.82, 2.24) is 10.2 Å². The topological polar surface area (TPSA) is 235 Å². The summed E-state index contributed by atoms with van der Waals surface area (Å²) >= 11 is 1.35. The predicted octanol–water partition coefficient (Wildman–Crippen LogP) is 3.27. The Balaban J connectivity index is 0.000000159. The molecule has 0 unspecified atom stereocenters. The predicted molar refractivity (Wildman–Crippen MR) is 183 cm³/mol. The number of carboxylic acid groups (broad SMARTS) is 1. The minimum Gasteiger partial charge on any atom is -0.508 e. The third-order valence-corrected chi connectivity index (χ3v) is 10.9. The molecule has 51 heavy (non-hydrogen) atoms. The number of thioether (sulfide) groups is 1. The molecule has 2 amide bonds. The number of nitrogens with two attached hydrogens (primary N) is 2. The summed E-state index contributed by atoms with van der Waals surface area (Å²) in [4.78, 5) is 50.1. The van der Waals surface area contributed by atoms with Gasteiger partial charge in [0.1, 0.15) is 52.2 Å². The maximum atomic E-state index is 12.6. The van der Waals surface area contributed by atoms with Crippen molar-refractivity contribution in [1.29, 1.82) is 0 Å². The molecule has 15 heteroatoms. The van der Waals surface area contributed by atoms with Crippen LogP contribution in [0.25, 0.3) is 0 Å². The smallest absolute Gasteiger partial charge is 0.340 e. The number of carboxylic acids is 1. The van der Waals surface area contributed by atoms with Crippen LogP contribution < -0.4 is 21.5 Å². The molecule has 0 bridgehead atoms. The third-order valence-electron chi connectivity index (χ3n) is 9.30. The van der Waals surface area contributed by atoms with Crippen LogP contribution in [0.1, 0.15) is 52.5 Å². The number of ether oxygens (including phenoxy) is 2. The van der Waals surface area contributed by atoms with Crippen molar-refractivity contribution in [2.75, 3.05) is 5.73 Å². The maximum absolute atomic E-state index is 12.6. The van der Waals surface area contributed by atoms with Crippen molar-refractivity contribution < 1.29 is 49.1 Å². The molecule has 0 saturated carbocycles. The van der Waals surface area contributed by atoms with Gasteiger partial charge >= 0.3 is 11.9 Å². The summed E-state index contributed by atoms with van der Waals surface area (Å²) in [5.74, 6) is -1.70. The standard InChI is InChI=1S/C20H13NO5.C16H19N3O5S/c21-10-1-4-14-13(7-10)19(24)26-20(14)15-5-2-11(22)8-17(15)25-18-9-12(23)3-6-16(18)20;1-16(2)11(15(23)24)19-13(22)10(14(19)25-16)18-12(21)9(17)7-3-5-8(20)6-4-7/h1-9,22-23H,21H2;3-6,9-11,14,20H,17H2,1-2H3,(H,18,21)(H,23,24)/t;9-,10-,11+,14-/m.1/s1. The largest absolute Gasteiger partial charge is 0.508 e. The first-order chi connectivity index (χ1) is 24.1. The summed E-state index contributed by atoms with van der Waals surface area (Å²) in [6.45, 7) is 3.53. The van der Waals surface area contributed by atoms with Crippen LogP contribution in [0.5, 0.6) is 28.7 Å². The van der Waals surface area contributed by atoms with Gasteiger partial charge in [-0.3, -0.25) is 9.59 Å². The summed E-state index contributed by atoms with van der Waals surface area (Å²) in [7, 11) is 0. The van der Waals surface area contributed by atoms with Gasteiger partial charge in [0.15, 0.2) is 5.60 Å². The average molecular weight is 713 g/mol. The van der Waals surface area contributed by atoms with Crippen molar-refractivity contribution in [2.45, 2.75) is 47.7 Å².